The van der Waals surface area contributed by atoms with Gasteiger partial charge in [-0.3, -0.25) is 14.4 Å². The van der Waals surface area contributed by atoms with Crippen molar-refractivity contribution >= 4 is 35.0 Å². The van der Waals surface area contributed by atoms with E-state index in [0.717, 1.165) is 43.2 Å². The van der Waals surface area contributed by atoms with Crippen molar-refractivity contribution in [1.29, 1.82) is 0 Å². The van der Waals surface area contributed by atoms with Crippen molar-refractivity contribution in [3.63, 3.8) is 0 Å². The predicted molar refractivity (Wildman–Crippen MR) is 135 cm³/mol. The SMILES string of the molecule is CC(C)c1ccc(N2C(=O)CC(N(CCc3cccc(Cl)c3)C(=O)C3CCCCC3)C2=O)cc1. The number of nitrogens with zero attached hydrogens (tertiary/aromatic N) is 2. The Morgan fingerprint density at radius 2 is 1.76 bits per heavy atom. The van der Waals surface area contributed by atoms with Crippen LogP contribution in [0.4, 0.5) is 5.69 Å². The first-order chi connectivity index (χ1) is 16.3. The lowest BCUT2D eigenvalue weighted by atomic mass is 9.87. The molecule has 2 aromatic rings. The number of carbonyl (C=O) groups is 3. The lowest BCUT2D eigenvalue weighted by Crippen LogP contribution is -2.48. The second kappa shape index (κ2) is 10.7. The molecule has 1 saturated heterocycles. The van der Waals surface area contributed by atoms with E-state index in [1.165, 1.54) is 4.90 Å². The van der Waals surface area contributed by atoms with Crippen molar-refractivity contribution in [2.24, 2.45) is 5.92 Å². The summed E-state index contributed by atoms with van der Waals surface area (Å²) in [7, 11) is 0. The number of hydrogen-bond acceptors (Lipinski definition) is 3. The molecule has 0 bridgehead atoms. The summed E-state index contributed by atoms with van der Waals surface area (Å²) in [6.45, 7) is 4.59. The third kappa shape index (κ3) is 5.35. The average molecular weight is 481 g/mol. The van der Waals surface area contributed by atoms with E-state index in [0.29, 0.717) is 29.6 Å². The molecule has 1 aliphatic carbocycles. The van der Waals surface area contributed by atoms with Crippen molar-refractivity contribution < 1.29 is 14.4 Å². The summed E-state index contributed by atoms with van der Waals surface area (Å²) in [6, 6.07) is 14.4. The average Bonchev–Trinajstić information content (AvgIpc) is 3.13. The van der Waals surface area contributed by atoms with E-state index in [9.17, 15) is 14.4 Å². The first-order valence-electron chi connectivity index (χ1n) is 12.4. The van der Waals surface area contributed by atoms with Crippen LogP contribution in [0, 0.1) is 5.92 Å². The van der Waals surface area contributed by atoms with Crippen LogP contribution < -0.4 is 4.90 Å². The van der Waals surface area contributed by atoms with Crippen LogP contribution in [0.1, 0.15) is 69.4 Å². The van der Waals surface area contributed by atoms with E-state index >= 15 is 0 Å². The Hall–Kier alpha value is -2.66. The molecular formula is C28H33ClN2O3. The van der Waals surface area contributed by atoms with Crippen molar-refractivity contribution in [2.45, 2.75) is 70.8 Å². The van der Waals surface area contributed by atoms with Crippen LogP contribution in [0.3, 0.4) is 0 Å². The molecule has 0 aromatic heterocycles. The number of benzene rings is 2. The van der Waals surface area contributed by atoms with Crippen LogP contribution in [0.2, 0.25) is 5.02 Å². The molecule has 1 aliphatic heterocycles. The Bertz CT molecular complexity index is 1040. The van der Waals surface area contributed by atoms with Crippen molar-refractivity contribution in [3.8, 4) is 0 Å². The van der Waals surface area contributed by atoms with Crippen molar-refractivity contribution in [1.82, 2.24) is 4.90 Å². The normalized spacial score (nSPS) is 19.2. The summed E-state index contributed by atoms with van der Waals surface area (Å²) in [4.78, 5) is 43.1. The Balaban J connectivity index is 1.57. The molecule has 3 amide bonds. The Labute approximate surface area is 207 Å². The highest BCUT2D eigenvalue weighted by molar-refractivity contribution is 6.30. The van der Waals surface area contributed by atoms with Gasteiger partial charge in [0.15, 0.2) is 0 Å². The summed E-state index contributed by atoms with van der Waals surface area (Å²) in [6.07, 6.45) is 5.52. The van der Waals surface area contributed by atoms with E-state index < -0.39 is 6.04 Å². The van der Waals surface area contributed by atoms with Crippen LogP contribution in [0.15, 0.2) is 48.5 Å². The van der Waals surface area contributed by atoms with Gasteiger partial charge in [0.25, 0.3) is 5.91 Å². The minimum absolute atomic E-state index is 0.00452. The highest BCUT2D eigenvalue weighted by Gasteiger charge is 2.45. The second-order valence-electron chi connectivity index (χ2n) is 9.78. The molecule has 2 aromatic carbocycles. The van der Waals surface area contributed by atoms with Crippen LogP contribution in [0.5, 0.6) is 0 Å². The fraction of sp³-hybridized carbons (Fsp3) is 0.464. The number of hydrogen-bond donors (Lipinski definition) is 0. The highest BCUT2D eigenvalue weighted by Crippen LogP contribution is 2.31. The molecule has 2 aliphatic rings. The minimum atomic E-state index is -0.758. The second-order valence-corrected chi connectivity index (χ2v) is 10.2. The molecule has 1 unspecified atom stereocenters. The van der Waals surface area contributed by atoms with Crippen molar-refractivity contribution in [2.75, 3.05) is 11.4 Å². The Morgan fingerprint density at radius 1 is 1.06 bits per heavy atom. The zero-order valence-electron chi connectivity index (χ0n) is 20.0. The molecule has 4 rings (SSSR count). The Morgan fingerprint density at radius 3 is 2.41 bits per heavy atom. The van der Waals surface area contributed by atoms with Crippen LogP contribution >= 0.6 is 11.6 Å². The highest BCUT2D eigenvalue weighted by atomic mass is 35.5. The van der Waals surface area contributed by atoms with Gasteiger partial charge in [0.05, 0.1) is 12.1 Å². The smallest absolute Gasteiger partial charge is 0.257 e. The third-order valence-electron chi connectivity index (χ3n) is 7.08. The first-order valence-corrected chi connectivity index (χ1v) is 12.7. The van der Waals surface area contributed by atoms with Crippen LogP contribution in [0.25, 0.3) is 0 Å². The third-order valence-corrected chi connectivity index (χ3v) is 7.32. The summed E-state index contributed by atoms with van der Waals surface area (Å²) in [5.74, 6) is -0.267. The topological polar surface area (TPSA) is 57.7 Å². The molecular weight excluding hydrogens is 448 g/mol. The molecule has 1 saturated carbocycles. The fourth-order valence-electron chi connectivity index (χ4n) is 5.08. The quantitative estimate of drug-likeness (QED) is 0.474. The van der Waals surface area contributed by atoms with Gasteiger partial charge in [-0.2, -0.15) is 0 Å². The van der Waals surface area contributed by atoms with Gasteiger partial charge in [-0.15, -0.1) is 0 Å². The fourth-order valence-corrected chi connectivity index (χ4v) is 5.30. The van der Waals surface area contributed by atoms with E-state index in [2.05, 4.69) is 13.8 Å². The maximum absolute atomic E-state index is 13.6. The Kier molecular flexibility index (Phi) is 7.72. The number of imide groups is 1. The number of halogens is 1. The zero-order valence-corrected chi connectivity index (χ0v) is 20.8. The van der Waals surface area contributed by atoms with Gasteiger partial charge in [-0.1, -0.05) is 69.0 Å². The summed E-state index contributed by atoms with van der Waals surface area (Å²) in [5.41, 5.74) is 2.73. The van der Waals surface area contributed by atoms with E-state index in [4.69, 9.17) is 11.6 Å². The van der Waals surface area contributed by atoms with Gasteiger partial charge < -0.3 is 4.90 Å². The molecule has 0 N–H and O–H groups in total. The summed E-state index contributed by atoms with van der Waals surface area (Å²) < 4.78 is 0. The van der Waals surface area contributed by atoms with E-state index in [1.54, 1.807) is 4.90 Å². The molecule has 6 heteroatoms. The standard InChI is InChI=1S/C28H33ClN2O3/c1-19(2)21-11-13-24(14-12-21)31-26(32)18-25(28(31)34)30(27(33)22-8-4-3-5-9-22)16-15-20-7-6-10-23(29)17-20/h6-7,10-14,17,19,22,25H,3-5,8-9,15-16,18H2,1-2H3. The molecule has 0 radical (unpaired) electrons. The van der Waals surface area contributed by atoms with Gasteiger partial charge in [0, 0.05) is 17.5 Å². The lowest BCUT2D eigenvalue weighted by Gasteiger charge is -2.32. The minimum Gasteiger partial charge on any atom is -0.330 e. The van der Waals surface area contributed by atoms with Gasteiger partial charge in [0.2, 0.25) is 11.8 Å². The van der Waals surface area contributed by atoms with Gasteiger partial charge in [-0.25, -0.2) is 4.90 Å². The molecule has 1 heterocycles. The van der Waals surface area contributed by atoms with Crippen LogP contribution in [-0.4, -0.2) is 35.2 Å². The zero-order chi connectivity index (χ0) is 24.2. The van der Waals surface area contributed by atoms with E-state index in [1.807, 2.05) is 48.5 Å². The van der Waals surface area contributed by atoms with Crippen molar-refractivity contribution in [3.05, 3.63) is 64.7 Å². The monoisotopic (exact) mass is 480 g/mol. The molecule has 5 nitrogen and oxygen atoms in total. The van der Waals surface area contributed by atoms with Gasteiger partial charge in [0.1, 0.15) is 6.04 Å². The van der Waals surface area contributed by atoms with E-state index in [-0.39, 0.29) is 30.1 Å². The molecule has 34 heavy (non-hydrogen) atoms. The maximum Gasteiger partial charge on any atom is 0.257 e. The number of anilines is 1. The molecule has 1 atom stereocenters. The number of rotatable bonds is 7. The van der Waals surface area contributed by atoms with Gasteiger partial charge in [-0.05, 0) is 60.6 Å². The molecule has 180 valence electrons. The summed E-state index contributed by atoms with van der Waals surface area (Å²) in [5, 5.41) is 0.644. The first kappa shape index (κ1) is 24.5. The molecule has 0 spiro atoms. The van der Waals surface area contributed by atoms with Crippen LogP contribution in [-0.2, 0) is 20.8 Å². The maximum atomic E-state index is 13.6. The number of amides is 3. The molecule has 2 fully saturated rings. The largest absolute Gasteiger partial charge is 0.330 e. The summed E-state index contributed by atoms with van der Waals surface area (Å²) >= 11 is 6.15. The lowest BCUT2D eigenvalue weighted by molar-refractivity contribution is -0.142. The predicted octanol–water partition coefficient (Wildman–Crippen LogP) is 5.75. The number of carbonyl (C=O) groups excluding carboxylic acids is 3. The van der Waals surface area contributed by atoms with Gasteiger partial charge >= 0.3 is 0 Å².